The van der Waals surface area contributed by atoms with Crippen LogP contribution in [-0.4, -0.2) is 47.4 Å². The van der Waals surface area contributed by atoms with Crippen LogP contribution in [-0.2, 0) is 14.3 Å². The van der Waals surface area contributed by atoms with E-state index in [4.69, 9.17) is 4.74 Å². The molecule has 0 aromatic rings. The van der Waals surface area contributed by atoms with E-state index >= 15 is 0 Å². The van der Waals surface area contributed by atoms with Crippen LogP contribution in [0.4, 0.5) is 0 Å². The van der Waals surface area contributed by atoms with Crippen LogP contribution in [0.1, 0.15) is 271 Å². The number of aliphatic hydroxyl groups excluding tert-OH is 2. The molecular formula is C52H99NO5. The normalized spacial score (nSPS) is 12.8. The highest BCUT2D eigenvalue weighted by atomic mass is 16.5. The number of carbonyl (C=O) groups is 2. The minimum absolute atomic E-state index is 0.0112. The van der Waals surface area contributed by atoms with E-state index in [0.29, 0.717) is 25.9 Å². The van der Waals surface area contributed by atoms with E-state index < -0.39 is 12.1 Å². The predicted octanol–water partition coefficient (Wildman–Crippen LogP) is 15.1. The van der Waals surface area contributed by atoms with Crippen LogP contribution < -0.4 is 5.32 Å². The number of rotatable bonds is 47. The molecule has 0 aliphatic heterocycles. The molecule has 0 fully saturated rings. The van der Waals surface area contributed by atoms with Gasteiger partial charge in [0.25, 0.3) is 0 Å². The van der Waals surface area contributed by atoms with Crippen molar-refractivity contribution in [3.05, 3.63) is 24.3 Å². The molecule has 0 aliphatic carbocycles. The van der Waals surface area contributed by atoms with Gasteiger partial charge in [0, 0.05) is 12.8 Å². The summed E-state index contributed by atoms with van der Waals surface area (Å²) >= 11 is 0. The molecule has 6 nitrogen and oxygen atoms in total. The lowest BCUT2D eigenvalue weighted by molar-refractivity contribution is -0.143. The van der Waals surface area contributed by atoms with Crippen LogP contribution >= 0.6 is 0 Å². The minimum atomic E-state index is -0.672. The SMILES string of the molecule is CCCCCCCC/C=C\CCCCCCCC(=O)OCCCCCCCCC/C=C\CCCCCCCC(=O)NC(CO)C(O)CCCCCCCCCCCC. The van der Waals surface area contributed by atoms with E-state index in [9.17, 15) is 19.8 Å². The predicted molar refractivity (Wildman–Crippen MR) is 250 cm³/mol. The van der Waals surface area contributed by atoms with E-state index in [1.165, 1.54) is 173 Å². The zero-order valence-corrected chi connectivity index (χ0v) is 38.8. The Morgan fingerprint density at radius 2 is 0.810 bits per heavy atom. The number of amides is 1. The Balaban J connectivity index is 3.45. The van der Waals surface area contributed by atoms with Gasteiger partial charge >= 0.3 is 5.97 Å². The molecule has 0 rings (SSSR count). The summed E-state index contributed by atoms with van der Waals surface area (Å²) in [5.41, 5.74) is 0. The number of esters is 1. The average Bonchev–Trinajstić information content (AvgIpc) is 3.22. The van der Waals surface area contributed by atoms with Crippen LogP contribution in [0, 0.1) is 0 Å². The van der Waals surface area contributed by atoms with Crippen molar-refractivity contribution in [3.8, 4) is 0 Å². The molecule has 0 spiro atoms. The number of allylic oxidation sites excluding steroid dienone is 4. The monoisotopic (exact) mass is 818 g/mol. The van der Waals surface area contributed by atoms with E-state index in [1.807, 2.05) is 0 Å². The summed E-state index contributed by atoms with van der Waals surface area (Å²) in [6.07, 6.45) is 55.8. The molecule has 3 N–H and O–H groups in total. The number of carbonyl (C=O) groups excluding carboxylic acids is 2. The number of ether oxygens (including phenoxy) is 1. The first-order valence-corrected chi connectivity index (χ1v) is 25.6. The van der Waals surface area contributed by atoms with Crippen molar-refractivity contribution in [2.24, 2.45) is 0 Å². The third kappa shape index (κ3) is 43.9. The van der Waals surface area contributed by atoms with Crippen molar-refractivity contribution in [3.63, 3.8) is 0 Å². The average molecular weight is 818 g/mol. The standard InChI is InChI=1S/C52H99NO5/c1-3-5-7-9-11-13-15-16-19-23-26-30-34-38-42-46-52(57)58-47-43-39-35-31-27-24-21-18-17-20-22-25-29-33-37-41-45-51(56)53-49(48-54)50(55)44-40-36-32-28-14-12-10-8-6-4-2/h16-17,19-20,49-50,54-55H,3-15,18,21-48H2,1-2H3,(H,53,56)/b19-16-,20-17-. The topological polar surface area (TPSA) is 95.9 Å². The highest BCUT2D eigenvalue weighted by Gasteiger charge is 2.20. The second-order valence-corrected chi connectivity index (χ2v) is 17.5. The lowest BCUT2D eigenvalue weighted by Gasteiger charge is -2.22. The van der Waals surface area contributed by atoms with Gasteiger partial charge in [-0.25, -0.2) is 0 Å². The molecule has 0 radical (unpaired) electrons. The first-order valence-electron chi connectivity index (χ1n) is 25.6. The van der Waals surface area contributed by atoms with Crippen LogP contribution in [0.15, 0.2) is 24.3 Å². The van der Waals surface area contributed by atoms with Gasteiger partial charge in [-0.1, -0.05) is 205 Å². The maximum Gasteiger partial charge on any atom is 0.305 e. The summed E-state index contributed by atoms with van der Waals surface area (Å²) in [4.78, 5) is 24.4. The molecular weight excluding hydrogens is 719 g/mol. The van der Waals surface area contributed by atoms with E-state index in [2.05, 4.69) is 43.5 Å². The number of hydrogen-bond acceptors (Lipinski definition) is 5. The molecule has 1 amide bonds. The maximum absolute atomic E-state index is 12.4. The molecule has 58 heavy (non-hydrogen) atoms. The molecule has 0 aliphatic rings. The van der Waals surface area contributed by atoms with Gasteiger partial charge in [-0.3, -0.25) is 9.59 Å². The minimum Gasteiger partial charge on any atom is -0.466 e. The number of nitrogens with one attached hydrogen (secondary N) is 1. The first-order chi connectivity index (χ1) is 28.5. The van der Waals surface area contributed by atoms with Gasteiger partial charge in [0.15, 0.2) is 0 Å². The van der Waals surface area contributed by atoms with Gasteiger partial charge in [0.1, 0.15) is 0 Å². The van der Waals surface area contributed by atoms with Crippen molar-refractivity contribution in [2.75, 3.05) is 13.2 Å². The van der Waals surface area contributed by atoms with Crippen LogP contribution in [0.3, 0.4) is 0 Å². The summed E-state index contributed by atoms with van der Waals surface area (Å²) in [7, 11) is 0. The smallest absolute Gasteiger partial charge is 0.305 e. The van der Waals surface area contributed by atoms with Crippen molar-refractivity contribution < 1.29 is 24.5 Å². The maximum atomic E-state index is 12.4. The zero-order valence-electron chi connectivity index (χ0n) is 38.8. The van der Waals surface area contributed by atoms with Crippen LogP contribution in [0.2, 0.25) is 0 Å². The Morgan fingerprint density at radius 3 is 1.22 bits per heavy atom. The molecule has 342 valence electrons. The van der Waals surface area contributed by atoms with Crippen LogP contribution in [0.25, 0.3) is 0 Å². The molecule has 0 saturated carbocycles. The van der Waals surface area contributed by atoms with Gasteiger partial charge in [-0.05, 0) is 77.0 Å². The summed E-state index contributed by atoms with van der Waals surface area (Å²) < 4.78 is 5.46. The summed E-state index contributed by atoms with van der Waals surface area (Å²) in [5, 5.41) is 23.1. The van der Waals surface area contributed by atoms with E-state index in [1.54, 1.807) is 0 Å². The molecule has 0 aromatic carbocycles. The molecule has 6 heteroatoms. The molecule has 0 saturated heterocycles. The largest absolute Gasteiger partial charge is 0.466 e. The van der Waals surface area contributed by atoms with Gasteiger partial charge in [-0.2, -0.15) is 0 Å². The third-order valence-corrected chi connectivity index (χ3v) is 11.7. The molecule has 2 unspecified atom stereocenters. The fraction of sp³-hybridized carbons (Fsp3) is 0.885. The fourth-order valence-corrected chi connectivity index (χ4v) is 7.74. The summed E-state index contributed by atoms with van der Waals surface area (Å²) in [6.45, 7) is 4.90. The second kappa shape index (κ2) is 48.0. The highest BCUT2D eigenvalue weighted by molar-refractivity contribution is 5.76. The first kappa shape index (κ1) is 56.3. The Morgan fingerprint density at radius 1 is 0.466 bits per heavy atom. The fourth-order valence-electron chi connectivity index (χ4n) is 7.74. The Labute approximate surface area is 361 Å². The summed E-state index contributed by atoms with van der Waals surface area (Å²) in [5.74, 6) is -0.0657. The van der Waals surface area contributed by atoms with Gasteiger partial charge in [0.05, 0.1) is 25.4 Å². The molecule has 0 aromatic heterocycles. The van der Waals surface area contributed by atoms with E-state index in [-0.39, 0.29) is 18.5 Å². The van der Waals surface area contributed by atoms with Gasteiger partial charge in [-0.15, -0.1) is 0 Å². The zero-order chi connectivity index (χ0) is 42.3. The Bertz CT molecular complexity index is 904. The number of aliphatic hydroxyl groups is 2. The Hall–Kier alpha value is -1.66. The molecule has 2 atom stereocenters. The second-order valence-electron chi connectivity index (χ2n) is 17.5. The van der Waals surface area contributed by atoms with Crippen molar-refractivity contribution in [2.45, 2.75) is 283 Å². The molecule has 0 bridgehead atoms. The number of hydrogen-bond donors (Lipinski definition) is 3. The highest BCUT2D eigenvalue weighted by Crippen LogP contribution is 2.15. The van der Waals surface area contributed by atoms with E-state index in [0.717, 1.165) is 64.2 Å². The van der Waals surface area contributed by atoms with Crippen molar-refractivity contribution in [1.29, 1.82) is 0 Å². The third-order valence-electron chi connectivity index (χ3n) is 11.7. The lowest BCUT2D eigenvalue weighted by Crippen LogP contribution is -2.45. The quantitative estimate of drug-likeness (QED) is 0.0323. The van der Waals surface area contributed by atoms with Gasteiger partial charge < -0.3 is 20.3 Å². The van der Waals surface area contributed by atoms with Gasteiger partial charge in [0.2, 0.25) is 5.91 Å². The number of unbranched alkanes of at least 4 members (excludes halogenated alkanes) is 32. The van der Waals surface area contributed by atoms with Crippen molar-refractivity contribution >= 4 is 11.9 Å². The van der Waals surface area contributed by atoms with Crippen molar-refractivity contribution in [1.82, 2.24) is 5.32 Å². The van der Waals surface area contributed by atoms with Crippen LogP contribution in [0.5, 0.6) is 0 Å². The Kier molecular flexibility index (Phi) is 46.6. The lowest BCUT2D eigenvalue weighted by atomic mass is 10.0. The molecule has 0 heterocycles. The summed E-state index contributed by atoms with van der Waals surface area (Å²) in [6, 6.07) is -0.552.